The molecule has 6 nitrogen and oxygen atoms in total. The minimum atomic E-state index is -0.755. The number of unbranched alkanes of at least 4 members (excludes halogenated alkanes) is 33. The Hall–Kier alpha value is -1.59. The molecule has 0 aromatic rings. The lowest BCUT2D eigenvalue weighted by atomic mass is 10.0. The largest absolute Gasteiger partial charge is 0.462 e. The summed E-state index contributed by atoms with van der Waals surface area (Å²) >= 11 is 0. The van der Waals surface area contributed by atoms with E-state index in [1.54, 1.807) is 0 Å². The summed E-state index contributed by atoms with van der Waals surface area (Å²) in [7, 11) is 0. The molecule has 0 radical (unpaired) electrons. The van der Waals surface area contributed by atoms with Gasteiger partial charge in [-0.15, -0.1) is 0 Å². The predicted molar refractivity (Wildman–Crippen MR) is 229 cm³/mol. The van der Waals surface area contributed by atoms with Crippen molar-refractivity contribution < 1.29 is 28.6 Å². The first-order valence-electron chi connectivity index (χ1n) is 24.0. The Morgan fingerprint density at radius 3 is 0.741 bits per heavy atom. The minimum absolute atomic E-state index is 0.0652. The van der Waals surface area contributed by atoms with E-state index in [1.807, 2.05) is 0 Å². The molecular weight excluding hydrogens is 673 g/mol. The van der Waals surface area contributed by atoms with E-state index >= 15 is 0 Å². The van der Waals surface area contributed by atoms with Crippen molar-refractivity contribution in [1.29, 1.82) is 0 Å². The zero-order chi connectivity index (χ0) is 39.4. The molecule has 0 saturated carbocycles. The second-order valence-corrected chi connectivity index (χ2v) is 16.4. The van der Waals surface area contributed by atoms with Crippen LogP contribution < -0.4 is 0 Å². The smallest absolute Gasteiger partial charge is 0.306 e. The zero-order valence-electron chi connectivity index (χ0n) is 36.5. The van der Waals surface area contributed by atoms with Gasteiger partial charge in [0, 0.05) is 19.3 Å². The Bertz CT molecular complexity index is 798. The molecule has 1 atom stereocenters. The Morgan fingerprint density at radius 2 is 0.500 bits per heavy atom. The number of esters is 3. The van der Waals surface area contributed by atoms with Gasteiger partial charge in [-0.3, -0.25) is 14.4 Å². The number of hydrogen-bond acceptors (Lipinski definition) is 6. The Balaban J connectivity index is 3.84. The fourth-order valence-corrected chi connectivity index (χ4v) is 7.21. The van der Waals surface area contributed by atoms with Gasteiger partial charge in [-0.25, -0.2) is 0 Å². The molecule has 0 spiro atoms. The average molecular weight is 765 g/mol. The molecule has 320 valence electrons. The topological polar surface area (TPSA) is 78.9 Å². The molecule has 0 N–H and O–H groups in total. The third-order valence-corrected chi connectivity index (χ3v) is 10.9. The van der Waals surface area contributed by atoms with Crippen molar-refractivity contribution >= 4 is 17.9 Å². The van der Waals surface area contributed by atoms with Crippen LogP contribution in [0.3, 0.4) is 0 Å². The van der Waals surface area contributed by atoms with Crippen LogP contribution in [0.25, 0.3) is 0 Å². The number of hydrogen-bond donors (Lipinski definition) is 0. The maximum Gasteiger partial charge on any atom is 0.306 e. The molecular formula is C48H92O6. The van der Waals surface area contributed by atoms with Crippen LogP contribution in [0.1, 0.15) is 271 Å². The van der Waals surface area contributed by atoms with Gasteiger partial charge in [-0.2, -0.15) is 0 Å². The molecule has 0 saturated heterocycles. The summed E-state index contributed by atoms with van der Waals surface area (Å²) in [4.78, 5) is 37.2. The minimum Gasteiger partial charge on any atom is -0.462 e. The van der Waals surface area contributed by atoms with Gasteiger partial charge in [0.15, 0.2) is 6.10 Å². The lowest BCUT2D eigenvalue weighted by molar-refractivity contribution is -0.167. The highest BCUT2D eigenvalue weighted by atomic mass is 16.6. The van der Waals surface area contributed by atoms with Gasteiger partial charge in [-0.1, -0.05) is 233 Å². The van der Waals surface area contributed by atoms with Gasteiger partial charge in [0.1, 0.15) is 13.2 Å². The van der Waals surface area contributed by atoms with E-state index in [-0.39, 0.29) is 31.1 Å². The highest BCUT2D eigenvalue weighted by Gasteiger charge is 2.19. The van der Waals surface area contributed by atoms with Gasteiger partial charge in [-0.05, 0) is 19.3 Å². The monoisotopic (exact) mass is 765 g/mol. The fourth-order valence-electron chi connectivity index (χ4n) is 7.21. The summed E-state index contributed by atoms with van der Waals surface area (Å²) in [5.74, 6) is -0.879. The van der Waals surface area contributed by atoms with Gasteiger partial charge in [0.2, 0.25) is 0 Å². The molecule has 54 heavy (non-hydrogen) atoms. The summed E-state index contributed by atoms with van der Waals surface area (Å²) in [5, 5.41) is 0. The predicted octanol–water partition coefficient (Wildman–Crippen LogP) is 15.3. The quantitative estimate of drug-likeness (QED) is 0.0349. The lowest BCUT2D eigenvalue weighted by Gasteiger charge is -2.18. The first kappa shape index (κ1) is 52.4. The van der Waals surface area contributed by atoms with Gasteiger partial charge in [0.05, 0.1) is 0 Å². The van der Waals surface area contributed by atoms with Crippen LogP contribution in [0, 0.1) is 0 Å². The molecule has 1 unspecified atom stereocenters. The molecule has 0 aromatic heterocycles. The molecule has 0 amide bonds. The third kappa shape index (κ3) is 41.6. The van der Waals surface area contributed by atoms with Crippen molar-refractivity contribution in [1.82, 2.24) is 0 Å². The molecule has 0 aliphatic carbocycles. The summed E-state index contributed by atoms with van der Waals surface area (Å²) in [6.45, 7) is 6.52. The third-order valence-electron chi connectivity index (χ3n) is 10.9. The average Bonchev–Trinajstić information content (AvgIpc) is 3.17. The SMILES string of the molecule is CCCCCCCCCCCCCCCCCCCCCCCCCCCC(=O)OCC(COC(=O)CCCCCCC)OC(=O)CCCCCCCC. The fraction of sp³-hybridized carbons (Fsp3) is 0.938. The maximum absolute atomic E-state index is 12.5. The van der Waals surface area contributed by atoms with Crippen LogP contribution in [-0.4, -0.2) is 37.2 Å². The van der Waals surface area contributed by atoms with Crippen molar-refractivity contribution in [3.63, 3.8) is 0 Å². The highest BCUT2D eigenvalue weighted by molar-refractivity contribution is 5.71. The van der Waals surface area contributed by atoms with Crippen molar-refractivity contribution in [2.45, 2.75) is 277 Å². The molecule has 0 aromatic carbocycles. The van der Waals surface area contributed by atoms with Crippen LogP contribution >= 0.6 is 0 Å². The highest BCUT2D eigenvalue weighted by Crippen LogP contribution is 2.17. The summed E-state index contributed by atoms with van der Waals surface area (Å²) in [5.41, 5.74) is 0. The first-order valence-corrected chi connectivity index (χ1v) is 24.0. The second kappa shape index (κ2) is 44.1. The van der Waals surface area contributed by atoms with Crippen molar-refractivity contribution in [2.24, 2.45) is 0 Å². The molecule has 0 bridgehead atoms. The number of carbonyl (C=O) groups is 3. The van der Waals surface area contributed by atoms with E-state index in [9.17, 15) is 14.4 Å². The van der Waals surface area contributed by atoms with Crippen LogP contribution in [0.5, 0.6) is 0 Å². The van der Waals surface area contributed by atoms with Crippen molar-refractivity contribution in [2.75, 3.05) is 13.2 Å². The van der Waals surface area contributed by atoms with Crippen LogP contribution in [0.15, 0.2) is 0 Å². The van der Waals surface area contributed by atoms with E-state index in [2.05, 4.69) is 20.8 Å². The number of ether oxygens (including phenoxy) is 3. The van der Waals surface area contributed by atoms with E-state index in [0.717, 1.165) is 64.2 Å². The summed E-state index contributed by atoms with van der Waals surface area (Å²) < 4.78 is 16.5. The van der Waals surface area contributed by atoms with Gasteiger partial charge in [0.25, 0.3) is 0 Å². The summed E-state index contributed by atoms with van der Waals surface area (Å²) in [6, 6.07) is 0. The lowest BCUT2D eigenvalue weighted by Crippen LogP contribution is -2.30. The van der Waals surface area contributed by atoms with E-state index in [4.69, 9.17) is 14.2 Å². The maximum atomic E-state index is 12.5. The first-order chi connectivity index (χ1) is 26.5. The van der Waals surface area contributed by atoms with E-state index in [0.29, 0.717) is 19.3 Å². The van der Waals surface area contributed by atoms with Crippen LogP contribution in [-0.2, 0) is 28.6 Å². The molecule has 0 aliphatic heterocycles. The van der Waals surface area contributed by atoms with Crippen LogP contribution in [0.2, 0.25) is 0 Å². The standard InChI is InChI=1S/C48H92O6/c1-4-7-10-13-15-16-17-18-19-20-21-22-23-24-25-26-27-28-29-30-31-32-33-36-38-41-47(50)53-44-45(43-52-46(49)40-37-34-12-9-6-3)54-48(51)42-39-35-14-11-8-5-2/h45H,4-44H2,1-3H3. The molecule has 0 heterocycles. The molecule has 0 rings (SSSR count). The van der Waals surface area contributed by atoms with Gasteiger partial charge >= 0.3 is 17.9 Å². The van der Waals surface area contributed by atoms with Crippen molar-refractivity contribution in [3.8, 4) is 0 Å². The Kier molecular flexibility index (Phi) is 42.8. The van der Waals surface area contributed by atoms with Gasteiger partial charge < -0.3 is 14.2 Å². The van der Waals surface area contributed by atoms with Crippen molar-refractivity contribution in [3.05, 3.63) is 0 Å². The zero-order valence-corrected chi connectivity index (χ0v) is 36.5. The number of rotatable bonds is 44. The second-order valence-electron chi connectivity index (χ2n) is 16.4. The van der Waals surface area contributed by atoms with E-state index in [1.165, 1.54) is 167 Å². The normalized spacial score (nSPS) is 11.8. The molecule has 0 aliphatic rings. The van der Waals surface area contributed by atoms with Crippen LogP contribution in [0.4, 0.5) is 0 Å². The Labute approximate surface area is 336 Å². The molecule has 6 heteroatoms. The number of carbonyl (C=O) groups excluding carboxylic acids is 3. The summed E-state index contributed by atoms with van der Waals surface area (Å²) in [6.07, 6.45) is 46.0. The Morgan fingerprint density at radius 1 is 0.296 bits per heavy atom. The van der Waals surface area contributed by atoms with E-state index < -0.39 is 6.10 Å². The molecule has 0 fully saturated rings.